The lowest BCUT2D eigenvalue weighted by Gasteiger charge is -2.27. The zero-order chi connectivity index (χ0) is 16.2. The van der Waals surface area contributed by atoms with Gasteiger partial charge in [0.2, 0.25) is 0 Å². The molecule has 1 aromatic carbocycles. The van der Waals surface area contributed by atoms with Crippen molar-refractivity contribution >= 4 is 22.0 Å². The molecule has 1 fully saturated rings. The van der Waals surface area contributed by atoms with Crippen LogP contribution in [-0.2, 0) is 16.1 Å². The molecule has 1 aromatic rings. The molecular weight excluding hydrogens is 346 g/mol. The highest BCUT2D eigenvalue weighted by Crippen LogP contribution is 2.25. The van der Waals surface area contributed by atoms with Crippen molar-refractivity contribution in [3.63, 3.8) is 0 Å². The van der Waals surface area contributed by atoms with Crippen LogP contribution < -0.4 is 0 Å². The number of amides is 1. The van der Waals surface area contributed by atoms with Crippen LogP contribution in [-0.4, -0.2) is 40.6 Å². The topological polar surface area (TPSA) is 38.8 Å². The van der Waals surface area contributed by atoms with E-state index in [0.29, 0.717) is 13.2 Å². The Morgan fingerprint density at radius 1 is 1.32 bits per heavy atom. The van der Waals surface area contributed by atoms with Gasteiger partial charge >= 0.3 is 6.09 Å². The number of alkyl halides is 1. The molecule has 0 N–H and O–H groups in total. The summed E-state index contributed by atoms with van der Waals surface area (Å²) >= 11 is 3.48. The summed E-state index contributed by atoms with van der Waals surface area (Å²) in [5.74, 6) is 0. The Hall–Kier alpha value is -1.07. The van der Waals surface area contributed by atoms with E-state index in [9.17, 15) is 4.79 Å². The number of hydrogen-bond acceptors (Lipinski definition) is 3. The molecule has 1 heterocycles. The van der Waals surface area contributed by atoms with Crippen LogP contribution in [0.15, 0.2) is 30.3 Å². The molecule has 5 heteroatoms. The minimum atomic E-state index is -0.475. The number of ether oxygens (including phenoxy) is 2. The second-order valence-corrected chi connectivity index (χ2v) is 7.24. The average molecular weight is 370 g/mol. The monoisotopic (exact) mass is 369 g/mol. The molecule has 2 rings (SSSR count). The van der Waals surface area contributed by atoms with Crippen molar-refractivity contribution in [1.82, 2.24) is 4.90 Å². The van der Waals surface area contributed by atoms with E-state index in [-0.39, 0.29) is 18.2 Å². The van der Waals surface area contributed by atoms with Crippen molar-refractivity contribution < 1.29 is 14.3 Å². The van der Waals surface area contributed by atoms with E-state index >= 15 is 0 Å². The van der Waals surface area contributed by atoms with Gasteiger partial charge in [-0.25, -0.2) is 4.79 Å². The van der Waals surface area contributed by atoms with E-state index < -0.39 is 5.60 Å². The van der Waals surface area contributed by atoms with E-state index in [0.717, 1.165) is 17.3 Å². The third kappa shape index (κ3) is 4.99. The van der Waals surface area contributed by atoms with Crippen LogP contribution in [0.4, 0.5) is 4.79 Å². The van der Waals surface area contributed by atoms with Gasteiger partial charge in [0.25, 0.3) is 0 Å². The summed E-state index contributed by atoms with van der Waals surface area (Å²) in [7, 11) is 0. The van der Waals surface area contributed by atoms with Gasteiger partial charge in [-0.1, -0.05) is 46.3 Å². The largest absolute Gasteiger partial charge is 0.444 e. The Labute approximate surface area is 140 Å². The lowest BCUT2D eigenvalue weighted by Crippen LogP contribution is -2.40. The van der Waals surface area contributed by atoms with Gasteiger partial charge in [0.15, 0.2) is 0 Å². The molecule has 22 heavy (non-hydrogen) atoms. The number of carbonyl (C=O) groups is 1. The van der Waals surface area contributed by atoms with Gasteiger partial charge in [0.05, 0.1) is 19.3 Å². The quantitative estimate of drug-likeness (QED) is 0.753. The lowest BCUT2D eigenvalue weighted by molar-refractivity contribution is 0.0158. The first-order valence-electron chi connectivity index (χ1n) is 7.60. The molecule has 0 spiro atoms. The van der Waals surface area contributed by atoms with E-state index in [2.05, 4.69) is 15.9 Å². The smallest absolute Gasteiger partial charge is 0.410 e. The summed E-state index contributed by atoms with van der Waals surface area (Å²) in [5.41, 5.74) is 0.672. The van der Waals surface area contributed by atoms with Gasteiger partial charge < -0.3 is 14.4 Å². The summed E-state index contributed by atoms with van der Waals surface area (Å²) in [6, 6.07) is 10.2. The standard InChI is InChI=1S/C17H24BrNO3/c1-17(2,3)22-16(20)19-11-15(9-14(19)10-18)21-12-13-7-5-4-6-8-13/h4-8,14-15H,9-12H2,1-3H3/t14-,15+/m0/s1. The molecule has 1 aliphatic heterocycles. The fourth-order valence-corrected chi connectivity index (χ4v) is 3.09. The summed E-state index contributed by atoms with van der Waals surface area (Å²) < 4.78 is 11.4. The molecular formula is C17H24BrNO3. The van der Waals surface area contributed by atoms with Gasteiger partial charge in [-0.15, -0.1) is 0 Å². The first-order valence-corrected chi connectivity index (χ1v) is 8.72. The minimum absolute atomic E-state index is 0.0512. The molecule has 0 saturated carbocycles. The second-order valence-electron chi connectivity index (χ2n) is 6.60. The summed E-state index contributed by atoms with van der Waals surface area (Å²) in [4.78, 5) is 14.1. The van der Waals surface area contributed by atoms with Crippen molar-refractivity contribution in [1.29, 1.82) is 0 Å². The highest BCUT2D eigenvalue weighted by molar-refractivity contribution is 9.09. The van der Waals surface area contributed by atoms with Crippen LogP contribution >= 0.6 is 15.9 Å². The lowest BCUT2D eigenvalue weighted by atomic mass is 10.2. The molecule has 0 bridgehead atoms. The minimum Gasteiger partial charge on any atom is -0.444 e. The molecule has 0 unspecified atom stereocenters. The number of hydrogen-bond donors (Lipinski definition) is 0. The molecule has 2 atom stereocenters. The second kappa shape index (κ2) is 7.47. The zero-order valence-corrected chi connectivity index (χ0v) is 15.0. The van der Waals surface area contributed by atoms with E-state index in [1.54, 1.807) is 4.90 Å². The van der Waals surface area contributed by atoms with Crippen LogP contribution in [0.1, 0.15) is 32.8 Å². The highest BCUT2D eigenvalue weighted by atomic mass is 79.9. The van der Waals surface area contributed by atoms with Crippen LogP contribution in [0.2, 0.25) is 0 Å². The van der Waals surface area contributed by atoms with Crippen molar-refractivity contribution in [3.05, 3.63) is 35.9 Å². The van der Waals surface area contributed by atoms with Crippen LogP contribution in [0.5, 0.6) is 0 Å². The van der Waals surface area contributed by atoms with Gasteiger partial charge in [0, 0.05) is 11.4 Å². The Balaban J connectivity index is 1.90. The number of benzene rings is 1. The number of likely N-dealkylation sites (tertiary alicyclic amines) is 1. The first kappa shape index (κ1) is 17.3. The Morgan fingerprint density at radius 3 is 2.59 bits per heavy atom. The van der Waals surface area contributed by atoms with E-state index in [1.807, 2.05) is 51.1 Å². The van der Waals surface area contributed by atoms with E-state index in [4.69, 9.17) is 9.47 Å². The van der Waals surface area contributed by atoms with Crippen molar-refractivity contribution in [2.24, 2.45) is 0 Å². The van der Waals surface area contributed by atoms with Gasteiger partial charge in [-0.05, 0) is 32.8 Å². The third-order valence-electron chi connectivity index (χ3n) is 3.51. The number of halogens is 1. The molecule has 4 nitrogen and oxygen atoms in total. The fourth-order valence-electron chi connectivity index (χ4n) is 2.47. The summed E-state index contributed by atoms with van der Waals surface area (Å²) in [6.07, 6.45) is 0.621. The van der Waals surface area contributed by atoms with Crippen LogP contribution in [0.3, 0.4) is 0 Å². The predicted octanol–water partition coefficient (Wildman–Crippen LogP) is 3.98. The molecule has 0 radical (unpaired) electrons. The van der Waals surface area contributed by atoms with E-state index in [1.165, 1.54) is 0 Å². The van der Waals surface area contributed by atoms with Crippen LogP contribution in [0, 0.1) is 0 Å². The number of carbonyl (C=O) groups excluding carboxylic acids is 1. The first-order chi connectivity index (χ1) is 10.4. The van der Waals surface area contributed by atoms with Gasteiger partial charge in [-0.3, -0.25) is 0 Å². The maximum absolute atomic E-state index is 12.3. The maximum Gasteiger partial charge on any atom is 0.410 e. The number of rotatable bonds is 4. The fraction of sp³-hybridized carbons (Fsp3) is 0.588. The zero-order valence-electron chi connectivity index (χ0n) is 13.4. The molecule has 0 aliphatic carbocycles. The molecule has 1 saturated heterocycles. The van der Waals surface area contributed by atoms with Crippen molar-refractivity contribution in [2.75, 3.05) is 11.9 Å². The van der Waals surface area contributed by atoms with Crippen LogP contribution in [0.25, 0.3) is 0 Å². The summed E-state index contributed by atoms with van der Waals surface area (Å²) in [6.45, 7) is 6.80. The maximum atomic E-state index is 12.3. The van der Waals surface area contributed by atoms with Crippen molar-refractivity contribution in [3.8, 4) is 0 Å². The normalized spacial score (nSPS) is 21.9. The molecule has 1 amide bonds. The molecule has 0 aromatic heterocycles. The Morgan fingerprint density at radius 2 is 2.00 bits per heavy atom. The third-order valence-corrected chi connectivity index (χ3v) is 4.26. The van der Waals surface area contributed by atoms with Gasteiger partial charge in [-0.2, -0.15) is 0 Å². The summed E-state index contributed by atoms with van der Waals surface area (Å²) in [5, 5.41) is 0.734. The molecule has 1 aliphatic rings. The highest BCUT2D eigenvalue weighted by Gasteiger charge is 2.37. The number of nitrogens with zero attached hydrogens (tertiary/aromatic N) is 1. The Kier molecular flexibility index (Phi) is 5.87. The Bertz CT molecular complexity index is 486. The average Bonchev–Trinajstić information content (AvgIpc) is 2.88. The molecule has 122 valence electrons. The van der Waals surface area contributed by atoms with Crippen molar-refractivity contribution in [2.45, 2.75) is 51.5 Å². The SMILES string of the molecule is CC(C)(C)OC(=O)N1C[C@H](OCc2ccccc2)C[C@H]1CBr. The predicted molar refractivity (Wildman–Crippen MR) is 90.2 cm³/mol. The van der Waals surface area contributed by atoms with Gasteiger partial charge in [0.1, 0.15) is 5.60 Å².